The maximum atomic E-state index is 10.7. The van der Waals surface area contributed by atoms with Crippen LogP contribution in [0.4, 0.5) is 0 Å². The lowest BCUT2D eigenvalue weighted by atomic mass is 10.3. The van der Waals surface area contributed by atoms with Crippen molar-refractivity contribution in [3.63, 3.8) is 0 Å². The molecule has 0 saturated heterocycles. The zero-order chi connectivity index (χ0) is 13.2. The van der Waals surface area contributed by atoms with Crippen LogP contribution in [0.1, 0.15) is 35.1 Å². The largest absolute Gasteiger partial charge is 0.478 e. The predicted octanol–water partition coefficient (Wildman–Crippen LogP) is 1.39. The van der Waals surface area contributed by atoms with Gasteiger partial charge < -0.3 is 5.11 Å². The molecule has 0 aliphatic heterocycles. The van der Waals surface area contributed by atoms with Gasteiger partial charge in [-0.2, -0.15) is 0 Å². The highest BCUT2D eigenvalue weighted by Gasteiger charge is 2.27. The molecule has 1 N–H and O–H groups in total. The van der Waals surface area contributed by atoms with Crippen molar-refractivity contribution < 1.29 is 9.90 Å². The Bertz CT molecular complexity index is 593. The van der Waals surface area contributed by atoms with Crippen molar-refractivity contribution in [1.82, 2.24) is 25.2 Å². The van der Waals surface area contributed by atoms with E-state index in [9.17, 15) is 4.79 Å². The second-order valence-electron chi connectivity index (χ2n) is 4.25. The van der Waals surface area contributed by atoms with Gasteiger partial charge in [0, 0.05) is 6.20 Å². The van der Waals surface area contributed by atoms with Crippen LogP contribution in [0.25, 0.3) is 0 Å². The molecule has 3 rings (SSSR count). The summed E-state index contributed by atoms with van der Waals surface area (Å²) in [6.07, 6.45) is 3.62. The number of carbonyl (C=O) groups is 1. The summed E-state index contributed by atoms with van der Waals surface area (Å²) in [7, 11) is 0. The maximum Gasteiger partial charge on any atom is 0.337 e. The molecule has 1 fully saturated rings. The van der Waals surface area contributed by atoms with Gasteiger partial charge in [-0.1, -0.05) is 11.8 Å². The number of rotatable bonds is 5. The Morgan fingerprint density at radius 2 is 2.32 bits per heavy atom. The standard InChI is InChI=1S/C11H11N5O2S/c17-11(18)7-1-4-10(12-5-7)19-6-9-13-14-15-16(9)8-2-3-8/h1,4-5,8H,2-3,6H2,(H,17,18). The zero-order valence-electron chi connectivity index (χ0n) is 9.93. The number of hydrogen-bond donors (Lipinski definition) is 1. The van der Waals surface area contributed by atoms with Crippen molar-refractivity contribution >= 4 is 17.7 Å². The van der Waals surface area contributed by atoms with E-state index in [0.717, 1.165) is 23.7 Å². The van der Waals surface area contributed by atoms with Gasteiger partial charge in [-0.3, -0.25) is 0 Å². The molecule has 0 aromatic carbocycles. The number of nitrogens with zero attached hydrogens (tertiary/aromatic N) is 5. The van der Waals surface area contributed by atoms with Crippen LogP contribution in [-0.2, 0) is 5.75 Å². The summed E-state index contributed by atoms with van der Waals surface area (Å²) in [4.78, 5) is 14.8. The van der Waals surface area contributed by atoms with Crippen LogP contribution < -0.4 is 0 Å². The quantitative estimate of drug-likeness (QED) is 0.825. The molecule has 0 spiro atoms. The second kappa shape index (κ2) is 4.96. The predicted molar refractivity (Wildman–Crippen MR) is 66.8 cm³/mol. The molecule has 0 amide bonds. The van der Waals surface area contributed by atoms with Crippen LogP contribution in [0.5, 0.6) is 0 Å². The summed E-state index contributed by atoms with van der Waals surface area (Å²) >= 11 is 1.49. The van der Waals surface area contributed by atoms with Crippen molar-refractivity contribution in [2.45, 2.75) is 29.7 Å². The van der Waals surface area contributed by atoms with E-state index in [1.807, 2.05) is 4.68 Å². The Hall–Kier alpha value is -1.96. The lowest BCUT2D eigenvalue weighted by Crippen LogP contribution is -2.02. The minimum absolute atomic E-state index is 0.187. The molecule has 0 radical (unpaired) electrons. The third-order valence-corrected chi connectivity index (χ3v) is 3.73. The lowest BCUT2D eigenvalue weighted by molar-refractivity contribution is 0.0696. The molecule has 1 saturated carbocycles. The topological polar surface area (TPSA) is 93.8 Å². The summed E-state index contributed by atoms with van der Waals surface area (Å²) in [5, 5.41) is 21.2. The highest BCUT2D eigenvalue weighted by molar-refractivity contribution is 7.98. The Morgan fingerprint density at radius 1 is 1.47 bits per heavy atom. The summed E-state index contributed by atoms with van der Waals surface area (Å²) in [6, 6.07) is 3.69. The smallest absolute Gasteiger partial charge is 0.337 e. The Kier molecular flexibility index (Phi) is 3.16. The monoisotopic (exact) mass is 277 g/mol. The molecule has 19 heavy (non-hydrogen) atoms. The lowest BCUT2D eigenvalue weighted by Gasteiger charge is -2.02. The van der Waals surface area contributed by atoms with Gasteiger partial charge in [0.05, 0.1) is 22.4 Å². The summed E-state index contributed by atoms with van der Waals surface area (Å²) in [6.45, 7) is 0. The number of hydrogen-bond acceptors (Lipinski definition) is 6. The molecule has 0 unspecified atom stereocenters. The molecule has 2 aromatic heterocycles. The van der Waals surface area contributed by atoms with Crippen LogP contribution in [0.3, 0.4) is 0 Å². The second-order valence-corrected chi connectivity index (χ2v) is 5.25. The zero-order valence-corrected chi connectivity index (χ0v) is 10.7. The van der Waals surface area contributed by atoms with E-state index < -0.39 is 5.97 Å². The van der Waals surface area contributed by atoms with Crippen molar-refractivity contribution in [2.75, 3.05) is 0 Å². The molecule has 2 aromatic rings. The van der Waals surface area contributed by atoms with E-state index in [0.29, 0.717) is 11.8 Å². The third kappa shape index (κ3) is 2.73. The van der Waals surface area contributed by atoms with E-state index in [1.165, 1.54) is 18.0 Å². The van der Waals surface area contributed by atoms with E-state index in [-0.39, 0.29) is 5.56 Å². The fourth-order valence-electron chi connectivity index (χ4n) is 1.64. The van der Waals surface area contributed by atoms with Crippen molar-refractivity contribution in [3.05, 3.63) is 29.7 Å². The van der Waals surface area contributed by atoms with Gasteiger partial charge in [0.25, 0.3) is 0 Å². The number of carboxylic acid groups (broad SMARTS) is 1. The summed E-state index contributed by atoms with van der Waals surface area (Å²) in [5.74, 6) is 0.487. The van der Waals surface area contributed by atoms with Crippen LogP contribution in [-0.4, -0.2) is 36.3 Å². The van der Waals surface area contributed by atoms with Crippen LogP contribution in [0, 0.1) is 0 Å². The molecule has 7 nitrogen and oxygen atoms in total. The number of carboxylic acids is 1. The number of aromatic carboxylic acids is 1. The third-order valence-electron chi connectivity index (χ3n) is 2.79. The van der Waals surface area contributed by atoms with Gasteiger partial charge in [0.15, 0.2) is 5.82 Å². The van der Waals surface area contributed by atoms with E-state index in [2.05, 4.69) is 20.5 Å². The molecule has 0 atom stereocenters. The minimum Gasteiger partial charge on any atom is -0.478 e. The van der Waals surface area contributed by atoms with E-state index in [1.54, 1.807) is 12.1 Å². The van der Waals surface area contributed by atoms with Gasteiger partial charge in [-0.15, -0.1) is 5.10 Å². The molecular formula is C11H11N5O2S. The summed E-state index contributed by atoms with van der Waals surface area (Å²) in [5.41, 5.74) is 0.187. The average Bonchev–Trinajstić information content (AvgIpc) is 3.16. The van der Waals surface area contributed by atoms with Gasteiger partial charge in [0.1, 0.15) is 0 Å². The first-order valence-electron chi connectivity index (χ1n) is 5.83. The molecule has 98 valence electrons. The molecule has 8 heteroatoms. The molecule has 1 aliphatic rings. The van der Waals surface area contributed by atoms with Gasteiger partial charge in [-0.25, -0.2) is 14.5 Å². The van der Waals surface area contributed by atoms with Gasteiger partial charge in [0.2, 0.25) is 0 Å². The number of thioether (sulfide) groups is 1. The Balaban J connectivity index is 1.65. The first-order valence-corrected chi connectivity index (χ1v) is 6.81. The number of aromatic nitrogens is 5. The molecule has 1 aliphatic carbocycles. The highest BCUT2D eigenvalue weighted by atomic mass is 32.2. The first-order chi connectivity index (χ1) is 9.24. The fourth-order valence-corrected chi connectivity index (χ4v) is 2.40. The maximum absolute atomic E-state index is 10.7. The van der Waals surface area contributed by atoms with Crippen LogP contribution in [0.2, 0.25) is 0 Å². The Labute approximate surface area is 113 Å². The molecular weight excluding hydrogens is 266 g/mol. The number of pyridine rings is 1. The normalized spacial score (nSPS) is 14.5. The van der Waals surface area contributed by atoms with E-state index >= 15 is 0 Å². The average molecular weight is 277 g/mol. The fraction of sp³-hybridized carbons (Fsp3) is 0.364. The Morgan fingerprint density at radius 3 is 2.95 bits per heavy atom. The van der Waals surface area contributed by atoms with Crippen molar-refractivity contribution in [1.29, 1.82) is 0 Å². The highest BCUT2D eigenvalue weighted by Crippen LogP contribution is 2.35. The molecule has 2 heterocycles. The molecule has 0 bridgehead atoms. The summed E-state index contributed by atoms with van der Waals surface area (Å²) < 4.78 is 1.86. The van der Waals surface area contributed by atoms with Crippen molar-refractivity contribution in [3.8, 4) is 0 Å². The van der Waals surface area contributed by atoms with Gasteiger partial charge in [-0.05, 0) is 35.4 Å². The van der Waals surface area contributed by atoms with E-state index in [4.69, 9.17) is 5.11 Å². The van der Waals surface area contributed by atoms with Crippen LogP contribution in [0.15, 0.2) is 23.4 Å². The minimum atomic E-state index is -0.971. The first kappa shape index (κ1) is 12.1. The van der Waals surface area contributed by atoms with Gasteiger partial charge >= 0.3 is 5.97 Å². The SMILES string of the molecule is O=C(O)c1ccc(SCc2nnnn2C2CC2)nc1. The van der Waals surface area contributed by atoms with Crippen LogP contribution >= 0.6 is 11.8 Å². The van der Waals surface area contributed by atoms with Crippen molar-refractivity contribution in [2.24, 2.45) is 0 Å². The number of tetrazole rings is 1.